The number of nitrogens with one attached hydrogen (secondary N) is 1. The summed E-state index contributed by atoms with van der Waals surface area (Å²) in [7, 11) is 0. The Balaban J connectivity index is 1.78. The molecule has 1 heterocycles. The quantitative estimate of drug-likeness (QED) is 0.730. The van der Waals surface area contributed by atoms with Gasteiger partial charge in [0.2, 0.25) is 5.56 Å². The molecule has 4 nitrogen and oxygen atoms in total. The number of aromatic nitrogens is 1. The molecule has 3 rings (SSSR count). The molecule has 2 aromatic carbocycles. The van der Waals surface area contributed by atoms with Gasteiger partial charge in [0.15, 0.2) is 0 Å². The number of hydrogen-bond acceptors (Lipinski definition) is 3. The molecule has 1 N–H and O–H groups in total. The molecule has 0 aliphatic rings. The predicted octanol–water partition coefficient (Wildman–Crippen LogP) is 4.18. The van der Waals surface area contributed by atoms with Crippen LogP contribution in [0.15, 0.2) is 59.4 Å². The Hall–Kier alpha value is -2.88. The number of esters is 1. The maximum atomic E-state index is 12.4. The third kappa shape index (κ3) is 3.79. The van der Waals surface area contributed by atoms with Crippen LogP contribution in [0.2, 0.25) is 0 Å². The molecular formula is C21H21NO3. The fourth-order valence-electron chi connectivity index (χ4n) is 2.70. The first kappa shape index (κ1) is 17.0. The number of hydrogen-bond donors (Lipinski definition) is 1. The molecule has 0 bridgehead atoms. The molecule has 0 saturated heterocycles. The first-order valence-electron chi connectivity index (χ1n) is 8.23. The summed E-state index contributed by atoms with van der Waals surface area (Å²) in [4.78, 5) is 26.9. The van der Waals surface area contributed by atoms with Crippen LogP contribution in [0.25, 0.3) is 10.9 Å². The minimum Gasteiger partial charge on any atom is -0.457 e. The fraction of sp³-hybridized carbons (Fsp3) is 0.238. The minimum atomic E-state index is -0.498. The van der Waals surface area contributed by atoms with Crippen molar-refractivity contribution in [2.24, 2.45) is 0 Å². The van der Waals surface area contributed by atoms with Gasteiger partial charge >= 0.3 is 5.97 Å². The fourth-order valence-corrected chi connectivity index (χ4v) is 2.70. The van der Waals surface area contributed by atoms with E-state index in [2.05, 4.69) is 25.8 Å². The van der Waals surface area contributed by atoms with Gasteiger partial charge in [0, 0.05) is 17.0 Å². The van der Waals surface area contributed by atoms with E-state index in [-0.39, 0.29) is 23.1 Å². The number of ether oxygens (including phenoxy) is 1. The zero-order valence-corrected chi connectivity index (χ0v) is 14.6. The number of para-hydroxylation sites is 1. The first-order chi connectivity index (χ1) is 11.8. The highest BCUT2D eigenvalue weighted by Crippen LogP contribution is 2.22. The second-order valence-corrected chi connectivity index (χ2v) is 7.12. The standard InChI is InChI=1S/C21H21NO3/c1-21(2,3)15-10-8-14(9-11-15)13-25-20(24)17-12-19(23)22-18-7-5-4-6-16(17)18/h4-12H,13H2,1-3H3,(H,22,23). The zero-order valence-electron chi connectivity index (χ0n) is 14.6. The predicted molar refractivity (Wildman–Crippen MR) is 98.8 cm³/mol. The number of carbonyl (C=O) groups is 1. The van der Waals surface area contributed by atoms with E-state index in [1.54, 1.807) is 12.1 Å². The first-order valence-corrected chi connectivity index (χ1v) is 8.23. The van der Waals surface area contributed by atoms with Crippen molar-refractivity contribution in [3.05, 3.63) is 81.6 Å². The van der Waals surface area contributed by atoms with Gasteiger partial charge in [-0.25, -0.2) is 4.79 Å². The maximum Gasteiger partial charge on any atom is 0.339 e. The highest BCUT2D eigenvalue weighted by atomic mass is 16.5. The zero-order chi connectivity index (χ0) is 18.0. The van der Waals surface area contributed by atoms with Crippen molar-refractivity contribution in [1.29, 1.82) is 0 Å². The molecule has 0 unspecified atom stereocenters. The van der Waals surface area contributed by atoms with Crippen molar-refractivity contribution in [2.45, 2.75) is 32.8 Å². The van der Waals surface area contributed by atoms with E-state index in [4.69, 9.17) is 4.74 Å². The van der Waals surface area contributed by atoms with Gasteiger partial charge in [-0.3, -0.25) is 4.79 Å². The van der Waals surface area contributed by atoms with Gasteiger partial charge in [-0.2, -0.15) is 0 Å². The lowest BCUT2D eigenvalue weighted by molar-refractivity contribution is 0.0475. The number of aromatic amines is 1. The van der Waals surface area contributed by atoms with Crippen LogP contribution in [0.4, 0.5) is 0 Å². The molecule has 0 atom stereocenters. The van der Waals surface area contributed by atoms with E-state index in [9.17, 15) is 9.59 Å². The number of fused-ring (bicyclic) bond motifs is 1. The molecule has 0 spiro atoms. The molecule has 0 amide bonds. The summed E-state index contributed by atoms with van der Waals surface area (Å²) in [5.74, 6) is -0.498. The number of pyridine rings is 1. The Morgan fingerprint density at radius 3 is 2.40 bits per heavy atom. The Bertz CT molecular complexity index is 963. The highest BCUT2D eigenvalue weighted by molar-refractivity contribution is 6.03. The summed E-state index contributed by atoms with van der Waals surface area (Å²) in [6.45, 7) is 6.63. The van der Waals surface area contributed by atoms with Crippen molar-refractivity contribution >= 4 is 16.9 Å². The summed E-state index contributed by atoms with van der Waals surface area (Å²) in [6, 6.07) is 16.5. The summed E-state index contributed by atoms with van der Waals surface area (Å²) in [6.07, 6.45) is 0. The largest absolute Gasteiger partial charge is 0.457 e. The van der Waals surface area contributed by atoms with Crippen molar-refractivity contribution in [3.63, 3.8) is 0 Å². The van der Waals surface area contributed by atoms with E-state index in [0.717, 1.165) is 5.56 Å². The average molecular weight is 335 g/mol. The number of carbonyl (C=O) groups excluding carboxylic acids is 1. The summed E-state index contributed by atoms with van der Waals surface area (Å²) < 4.78 is 5.41. The van der Waals surface area contributed by atoms with Crippen LogP contribution >= 0.6 is 0 Å². The van der Waals surface area contributed by atoms with Crippen molar-refractivity contribution in [2.75, 3.05) is 0 Å². The lowest BCUT2D eigenvalue weighted by Crippen LogP contribution is -2.13. The van der Waals surface area contributed by atoms with Crippen LogP contribution in [-0.4, -0.2) is 11.0 Å². The summed E-state index contributed by atoms with van der Waals surface area (Å²) in [5, 5.41) is 0.676. The van der Waals surface area contributed by atoms with Gasteiger partial charge < -0.3 is 9.72 Å². The average Bonchev–Trinajstić information content (AvgIpc) is 2.58. The molecule has 0 aliphatic heterocycles. The smallest absolute Gasteiger partial charge is 0.339 e. The topological polar surface area (TPSA) is 59.2 Å². The molecular weight excluding hydrogens is 314 g/mol. The van der Waals surface area contributed by atoms with Crippen molar-refractivity contribution in [1.82, 2.24) is 4.98 Å². The molecule has 0 radical (unpaired) electrons. The molecule has 128 valence electrons. The van der Waals surface area contributed by atoms with Crippen molar-refractivity contribution in [3.8, 4) is 0 Å². The van der Waals surface area contributed by atoms with Crippen LogP contribution < -0.4 is 5.56 Å². The lowest BCUT2D eigenvalue weighted by Gasteiger charge is -2.19. The summed E-state index contributed by atoms with van der Waals surface area (Å²) in [5.41, 5.74) is 2.81. The second kappa shape index (κ2) is 6.55. The van der Waals surface area contributed by atoms with Gasteiger partial charge in [0.25, 0.3) is 0 Å². The normalized spacial score (nSPS) is 11.5. The van der Waals surface area contributed by atoms with E-state index in [1.807, 2.05) is 36.4 Å². The molecule has 3 aromatic rings. The van der Waals surface area contributed by atoms with E-state index in [0.29, 0.717) is 10.9 Å². The lowest BCUT2D eigenvalue weighted by atomic mass is 9.87. The number of benzene rings is 2. The van der Waals surface area contributed by atoms with Crippen LogP contribution in [0.3, 0.4) is 0 Å². The Morgan fingerprint density at radius 1 is 1.04 bits per heavy atom. The monoisotopic (exact) mass is 335 g/mol. The minimum absolute atomic E-state index is 0.0825. The Labute approximate surface area is 146 Å². The maximum absolute atomic E-state index is 12.4. The van der Waals surface area contributed by atoms with Gasteiger partial charge in [-0.05, 0) is 22.6 Å². The van der Waals surface area contributed by atoms with Crippen LogP contribution in [-0.2, 0) is 16.8 Å². The SMILES string of the molecule is CC(C)(C)c1ccc(COC(=O)c2cc(=O)[nH]c3ccccc23)cc1. The number of rotatable bonds is 3. The van der Waals surface area contributed by atoms with E-state index < -0.39 is 5.97 Å². The molecule has 25 heavy (non-hydrogen) atoms. The van der Waals surface area contributed by atoms with E-state index in [1.165, 1.54) is 11.6 Å². The van der Waals surface area contributed by atoms with Crippen molar-refractivity contribution < 1.29 is 9.53 Å². The van der Waals surface area contributed by atoms with Crippen LogP contribution in [0, 0.1) is 0 Å². The molecule has 0 aliphatic carbocycles. The Kier molecular flexibility index (Phi) is 4.45. The second-order valence-electron chi connectivity index (χ2n) is 7.12. The van der Waals surface area contributed by atoms with Gasteiger partial charge in [-0.15, -0.1) is 0 Å². The van der Waals surface area contributed by atoms with Gasteiger partial charge in [-0.1, -0.05) is 63.2 Å². The third-order valence-corrected chi connectivity index (χ3v) is 4.16. The molecule has 1 aromatic heterocycles. The summed E-state index contributed by atoms with van der Waals surface area (Å²) >= 11 is 0. The molecule has 0 saturated carbocycles. The third-order valence-electron chi connectivity index (χ3n) is 4.16. The molecule has 0 fully saturated rings. The van der Waals surface area contributed by atoms with E-state index >= 15 is 0 Å². The van der Waals surface area contributed by atoms with Gasteiger partial charge in [0.1, 0.15) is 6.61 Å². The number of H-pyrrole nitrogens is 1. The molecule has 4 heteroatoms. The Morgan fingerprint density at radius 2 is 1.72 bits per heavy atom. The highest BCUT2D eigenvalue weighted by Gasteiger charge is 2.15. The van der Waals surface area contributed by atoms with Crippen LogP contribution in [0.1, 0.15) is 42.3 Å². The van der Waals surface area contributed by atoms with Crippen LogP contribution in [0.5, 0.6) is 0 Å². The van der Waals surface area contributed by atoms with Gasteiger partial charge in [0.05, 0.1) is 5.56 Å².